The molecule has 0 unspecified atom stereocenters. The topological polar surface area (TPSA) is 75.6 Å². The van der Waals surface area contributed by atoms with Crippen molar-refractivity contribution in [3.63, 3.8) is 0 Å². The van der Waals surface area contributed by atoms with Crippen LogP contribution in [-0.4, -0.2) is 28.8 Å². The number of rotatable bonds is 8. The zero-order valence-corrected chi connectivity index (χ0v) is 14.8. The van der Waals surface area contributed by atoms with Crippen LogP contribution in [0, 0.1) is 11.8 Å². The second kappa shape index (κ2) is 8.54. The van der Waals surface area contributed by atoms with Crippen molar-refractivity contribution in [2.24, 2.45) is 11.8 Å². The van der Waals surface area contributed by atoms with Crippen molar-refractivity contribution in [3.8, 4) is 0 Å². The third-order valence-corrected chi connectivity index (χ3v) is 5.79. The normalized spacial score (nSPS) is 28.5. The summed E-state index contributed by atoms with van der Waals surface area (Å²) in [6, 6.07) is -0.829. The lowest BCUT2D eigenvalue weighted by Crippen LogP contribution is -2.48. The van der Waals surface area contributed by atoms with Crippen LogP contribution < -0.4 is 5.32 Å². The zero-order valence-electron chi connectivity index (χ0n) is 14.8. The molecule has 0 aliphatic heterocycles. The molecule has 1 amide bonds. The van der Waals surface area contributed by atoms with E-state index < -0.39 is 23.7 Å². The van der Waals surface area contributed by atoms with Crippen molar-refractivity contribution in [3.05, 3.63) is 12.7 Å². The molecule has 24 heavy (non-hydrogen) atoms. The summed E-state index contributed by atoms with van der Waals surface area (Å²) in [5.41, 5.74) is -0.482. The van der Waals surface area contributed by atoms with E-state index in [2.05, 4.69) is 11.9 Å². The number of amides is 1. The first-order valence-corrected chi connectivity index (χ1v) is 9.29. The van der Waals surface area contributed by atoms with Crippen molar-refractivity contribution in [2.75, 3.05) is 0 Å². The molecule has 0 bridgehead atoms. The lowest BCUT2D eigenvalue weighted by molar-refractivity contribution is -0.141. The van der Waals surface area contributed by atoms with E-state index in [4.69, 9.17) is 4.74 Å². The Morgan fingerprint density at radius 2 is 2.04 bits per heavy atom. The fourth-order valence-electron chi connectivity index (χ4n) is 4.34. The molecule has 2 aliphatic carbocycles. The van der Waals surface area contributed by atoms with Crippen LogP contribution in [0.15, 0.2) is 12.7 Å². The zero-order chi connectivity index (χ0) is 17.6. The molecule has 0 heterocycles. The van der Waals surface area contributed by atoms with Crippen molar-refractivity contribution in [2.45, 2.75) is 82.8 Å². The molecule has 2 N–H and O–H groups in total. The van der Waals surface area contributed by atoms with Gasteiger partial charge in [0.2, 0.25) is 0 Å². The summed E-state index contributed by atoms with van der Waals surface area (Å²) in [5, 5.41) is 12.0. The molecule has 2 fully saturated rings. The Kier molecular flexibility index (Phi) is 6.69. The number of alkyl carbamates (subject to hydrolysis) is 1. The molecular formula is C19H31NO4. The number of aliphatic carboxylic acids is 1. The quantitative estimate of drug-likeness (QED) is 0.512. The molecule has 136 valence electrons. The summed E-state index contributed by atoms with van der Waals surface area (Å²) in [5.74, 6) is -0.592. The minimum absolute atomic E-state index is 0.0230. The lowest BCUT2D eigenvalue weighted by Gasteiger charge is -2.32. The second-order valence-electron chi connectivity index (χ2n) is 7.52. The number of hydrogen-bond donors (Lipinski definition) is 2. The highest BCUT2D eigenvalue weighted by Gasteiger charge is 2.42. The molecule has 0 aromatic heterocycles. The molecule has 3 atom stereocenters. The van der Waals surface area contributed by atoms with Crippen molar-refractivity contribution < 1.29 is 19.4 Å². The summed E-state index contributed by atoms with van der Waals surface area (Å²) in [7, 11) is 0. The van der Waals surface area contributed by atoms with Crippen LogP contribution in [0.25, 0.3) is 0 Å². The van der Waals surface area contributed by atoms with Gasteiger partial charge >= 0.3 is 12.1 Å². The van der Waals surface area contributed by atoms with E-state index in [9.17, 15) is 14.7 Å². The number of nitrogens with one attached hydrogen (secondary N) is 1. The lowest BCUT2D eigenvalue weighted by atomic mass is 9.88. The smallest absolute Gasteiger partial charge is 0.408 e. The van der Waals surface area contributed by atoms with Crippen LogP contribution in [0.3, 0.4) is 0 Å². The molecule has 5 heteroatoms. The van der Waals surface area contributed by atoms with Gasteiger partial charge in [-0.2, -0.15) is 0 Å². The van der Waals surface area contributed by atoms with Crippen LogP contribution in [0.5, 0.6) is 0 Å². The van der Waals surface area contributed by atoms with Gasteiger partial charge in [-0.15, -0.1) is 6.58 Å². The fourth-order valence-corrected chi connectivity index (χ4v) is 4.34. The van der Waals surface area contributed by atoms with Gasteiger partial charge in [0.15, 0.2) is 0 Å². The average molecular weight is 337 g/mol. The number of hydrogen-bond acceptors (Lipinski definition) is 3. The largest absolute Gasteiger partial charge is 0.480 e. The van der Waals surface area contributed by atoms with Gasteiger partial charge in [-0.05, 0) is 70.1 Å². The highest BCUT2D eigenvalue weighted by molar-refractivity contribution is 5.80. The van der Waals surface area contributed by atoms with Crippen LogP contribution in [-0.2, 0) is 9.53 Å². The number of carboxylic acid groups (broad SMARTS) is 1. The van der Waals surface area contributed by atoms with Crippen LogP contribution >= 0.6 is 0 Å². The van der Waals surface area contributed by atoms with Gasteiger partial charge in [0.05, 0.1) is 0 Å². The summed E-state index contributed by atoms with van der Waals surface area (Å²) in [6.45, 7) is 5.74. The maximum atomic E-state index is 12.3. The van der Waals surface area contributed by atoms with E-state index in [1.54, 1.807) is 0 Å². The van der Waals surface area contributed by atoms with Gasteiger partial charge < -0.3 is 15.2 Å². The first kappa shape index (κ1) is 18.8. The molecule has 0 spiro atoms. The molecule has 2 rings (SSSR count). The van der Waals surface area contributed by atoms with Gasteiger partial charge in [0, 0.05) is 0 Å². The maximum absolute atomic E-state index is 12.3. The van der Waals surface area contributed by atoms with Gasteiger partial charge in [0.1, 0.15) is 11.6 Å². The Bertz CT molecular complexity index is 458. The van der Waals surface area contributed by atoms with E-state index in [0.717, 1.165) is 64.2 Å². The number of unbranched alkanes of at least 4 members (excludes halogenated alkanes) is 1. The van der Waals surface area contributed by atoms with E-state index in [1.165, 1.54) is 0 Å². The molecule has 0 aromatic rings. The number of allylic oxidation sites excluding steroid dienone is 1. The number of carbonyl (C=O) groups excluding carboxylic acids is 1. The predicted octanol–water partition coefficient (Wildman–Crippen LogP) is 4.27. The van der Waals surface area contributed by atoms with E-state index in [0.29, 0.717) is 5.92 Å². The van der Waals surface area contributed by atoms with Crippen LogP contribution in [0.1, 0.15) is 71.1 Å². The van der Waals surface area contributed by atoms with Crippen molar-refractivity contribution >= 4 is 12.1 Å². The van der Waals surface area contributed by atoms with Gasteiger partial charge in [-0.3, -0.25) is 0 Å². The van der Waals surface area contributed by atoms with Crippen molar-refractivity contribution in [1.29, 1.82) is 0 Å². The molecule has 0 aromatic carbocycles. The standard InChI is InChI=1S/C19H31NO4/c1-3-4-5-11-15-12-8-13-19(15,2)24-18(23)20-16(17(21)22)14-9-6-7-10-14/h3,14-16H,1,4-13H2,2H3,(H,20,23)(H,21,22)/t15-,16-,19+/m0/s1. The highest BCUT2D eigenvalue weighted by Crippen LogP contribution is 2.41. The molecular weight excluding hydrogens is 306 g/mol. The molecule has 2 saturated carbocycles. The maximum Gasteiger partial charge on any atom is 0.408 e. The van der Waals surface area contributed by atoms with Gasteiger partial charge in [0.25, 0.3) is 0 Å². The summed E-state index contributed by atoms with van der Waals surface area (Å²) >= 11 is 0. The fraction of sp³-hybridized carbons (Fsp3) is 0.789. The second-order valence-corrected chi connectivity index (χ2v) is 7.52. The van der Waals surface area contributed by atoms with Crippen LogP contribution in [0.2, 0.25) is 0 Å². The third-order valence-electron chi connectivity index (χ3n) is 5.79. The molecule has 2 aliphatic rings. The number of ether oxygens (including phenoxy) is 1. The summed E-state index contributed by atoms with van der Waals surface area (Å²) < 4.78 is 5.74. The Morgan fingerprint density at radius 3 is 2.67 bits per heavy atom. The van der Waals surface area contributed by atoms with Gasteiger partial charge in [-0.25, -0.2) is 9.59 Å². The third kappa shape index (κ3) is 4.74. The molecule has 0 radical (unpaired) electrons. The first-order valence-electron chi connectivity index (χ1n) is 9.29. The Balaban J connectivity index is 1.91. The summed E-state index contributed by atoms with van der Waals surface area (Å²) in [6.07, 6.45) is 11.1. The average Bonchev–Trinajstić information content (AvgIpc) is 3.15. The minimum Gasteiger partial charge on any atom is -0.480 e. The minimum atomic E-state index is -0.960. The predicted molar refractivity (Wildman–Crippen MR) is 92.8 cm³/mol. The van der Waals surface area contributed by atoms with E-state index >= 15 is 0 Å². The highest BCUT2D eigenvalue weighted by atomic mass is 16.6. The number of carbonyl (C=O) groups is 2. The molecule has 5 nitrogen and oxygen atoms in total. The van der Waals surface area contributed by atoms with Crippen molar-refractivity contribution in [1.82, 2.24) is 5.32 Å². The monoisotopic (exact) mass is 337 g/mol. The van der Waals surface area contributed by atoms with E-state index in [1.807, 2.05) is 13.0 Å². The Hall–Kier alpha value is -1.52. The Labute approximate surface area is 144 Å². The van der Waals surface area contributed by atoms with Crippen LogP contribution in [0.4, 0.5) is 4.79 Å². The SMILES string of the molecule is C=CCCC[C@H]1CCC[C@@]1(C)OC(=O)N[C@H](C(=O)O)C1CCCC1. The van der Waals surface area contributed by atoms with Gasteiger partial charge in [-0.1, -0.05) is 18.9 Å². The van der Waals surface area contributed by atoms with E-state index in [-0.39, 0.29) is 5.92 Å². The number of carboxylic acids is 1. The first-order chi connectivity index (χ1) is 11.5. The Morgan fingerprint density at radius 1 is 1.33 bits per heavy atom. The summed E-state index contributed by atoms with van der Waals surface area (Å²) in [4.78, 5) is 23.8. The molecule has 0 saturated heterocycles.